The lowest BCUT2D eigenvalue weighted by molar-refractivity contribution is -0.123. The van der Waals surface area contributed by atoms with Gasteiger partial charge in [0.25, 0.3) is 0 Å². The van der Waals surface area contributed by atoms with Crippen molar-refractivity contribution in [2.45, 2.75) is 25.7 Å². The van der Waals surface area contributed by atoms with Crippen LogP contribution in [-0.2, 0) is 23.9 Å². The van der Waals surface area contributed by atoms with Gasteiger partial charge in [-0.1, -0.05) is 23.8 Å². The van der Waals surface area contributed by atoms with E-state index in [0.29, 0.717) is 24.5 Å². The highest BCUT2D eigenvalue weighted by Gasteiger charge is 2.56. The van der Waals surface area contributed by atoms with Gasteiger partial charge in [0, 0.05) is 47.0 Å². The van der Waals surface area contributed by atoms with E-state index in [2.05, 4.69) is 4.90 Å². The number of hydrogen-bond donors (Lipinski definition) is 1. The van der Waals surface area contributed by atoms with E-state index >= 15 is 0 Å². The van der Waals surface area contributed by atoms with Crippen molar-refractivity contribution >= 4 is 34.8 Å². The van der Waals surface area contributed by atoms with Gasteiger partial charge in [0.2, 0.25) is 11.8 Å². The van der Waals surface area contributed by atoms with Crippen molar-refractivity contribution in [3.8, 4) is 5.75 Å². The average Bonchev–Trinajstić information content (AvgIpc) is 3.26. The summed E-state index contributed by atoms with van der Waals surface area (Å²) in [6.45, 7) is 4.36. The van der Waals surface area contributed by atoms with Crippen LogP contribution in [0.1, 0.15) is 31.2 Å². The standard InChI is InChI=1S/C33H29FN2O6/c1-17-15-26(37)24-16-23-20(27(29(24)30(17)38)21-3-2-4-25(34)31(21)39)9-10-22-28(23)33(41)36(32(22)40)19-7-5-18(6-8-19)35-11-13-42-14-12-35/h2-9,15,22-23,27-28,39H,10-14,16H2,1H3/t22-,23+,27+,28-/m0/s1. The molecule has 9 heteroatoms. The van der Waals surface area contributed by atoms with Gasteiger partial charge in [-0.2, -0.15) is 0 Å². The predicted octanol–water partition coefficient (Wildman–Crippen LogP) is 4.00. The molecule has 2 aliphatic heterocycles. The summed E-state index contributed by atoms with van der Waals surface area (Å²) in [5, 5.41) is 10.8. The quantitative estimate of drug-likeness (QED) is 0.339. The van der Waals surface area contributed by atoms with Crippen LogP contribution in [0.5, 0.6) is 5.75 Å². The van der Waals surface area contributed by atoms with Crippen LogP contribution >= 0.6 is 0 Å². The van der Waals surface area contributed by atoms with E-state index in [-0.39, 0.29) is 58.5 Å². The van der Waals surface area contributed by atoms with Crippen molar-refractivity contribution in [1.29, 1.82) is 0 Å². The molecule has 0 spiro atoms. The zero-order valence-electron chi connectivity index (χ0n) is 23.0. The normalized spacial score (nSPS) is 27.5. The molecule has 3 aliphatic carbocycles. The highest BCUT2D eigenvalue weighted by atomic mass is 19.1. The number of rotatable bonds is 3. The number of carbonyl (C=O) groups excluding carboxylic acids is 4. The molecule has 0 saturated carbocycles. The summed E-state index contributed by atoms with van der Waals surface area (Å²) >= 11 is 0. The lowest BCUT2D eigenvalue weighted by atomic mass is 9.59. The lowest BCUT2D eigenvalue weighted by Gasteiger charge is -2.42. The number of amides is 2. The minimum atomic E-state index is -0.903. The topological polar surface area (TPSA) is 104 Å². The summed E-state index contributed by atoms with van der Waals surface area (Å²) in [6, 6.07) is 11.5. The van der Waals surface area contributed by atoms with Crippen LogP contribution in [0.15, 0.2) is 76.9 Å². The Bertz CT molecular complexity index is 1650. The van der Waals surface area contributed by atoms with E-state index in [9.17, 15) is 28.7 Å². The third kappa shape index (κ3) is 3.90. The highest BCUT2D eigenvalue weighted by Crippen LogP contribution is 2.56. The summed E-state index contributed by atoms with van der Waals surface area (Å²) in [7, 11) is 0. The van der Waals surface area contributed by atoms with Gasteiger partial charge in [-0.05, 0) is 62.1 Å². The summed E-state index contributed by atoms with van der Waals surface area (Å²) in [6.07, 6.45) is 3.52. The van der Waals surface area contributed by atoms with Gasteiger partial charge in [0.1, 0.15) is 0 Å². The molecule has 2 heterocycles. The molecule has 0 bridgehead atoms. The zero-order chi connectivity index (χ0) is 29.3. The fourth-order valence-corrected chi connectivity index (χ4v) is 7.37. The van der Waals surface area contributed by atoms with Crippen molar-refractivity contribution in [1.82, 2.24) is 0 Å². The number of phenols is 1. The number of phenolic OH excluding ortho intramolecular Hbond substituents is 1. The summed E-state index contributed by atoms with van der Waals surface area (Å²) < 4.78 is 20.0. The highest BCUT2D eigenvalue weighted by molar-refractivity contribution is 6.25. The Morgan fingerprint density at radius 1 is 0.929 bits per heavy atom. The number of nitrogens with zero attached hydrogens (tertiary/aromatic N) is 2. The molecule has 8 nitrogen and oxygen atoms in total. The summed E-state index contributed by atoms with van der Waals surface area (Å²) in [5.74, 6) is -5.61. The molecular formula is C33H29FN2O6. The van der Waals surface area contributed by atoms with Crippen LogP contribution < -0.4 is 9.80 Å². The second kappa shape index (κ2) is 9.87. The number of para-hydroxylation sites is 1. The smallest absolute Gasteiger partial charge is 0.238 e. The van der Waals surface area contributed by atoms with Crippen LogP contribution in [0.2, 0.25) is 0 Å². The number of allylic oxidation sites excluding steroid dienone is 6. The van der Waals surface area contributed by atoms with Crippen LogP contribution in [0.25, 0.3) is 0 Å². The van der Waals surface area contributed by atoms with E-state index in [1.165, 1.54) is 17.0 Å². The zero-order valence-corrected chi connectivity index (χ0v) is 23.0. The number of Topliss-reactive ketones (excluding diaryl/α,β-unsaturated/α-hetero) is 1. The molecular weight excluding hydrogens is 539 g/mol. The third-order valence-corrected chi connectivity index (χ3v) is 9.38. The van der Waals surface area contributed by atoms with Crippen LogP contribution in [0.4, 0.5) is 15.8 Å². The van der Waals surface area contributed by atoms with Crippen molar-refractivity contribution in [2.24, 2.45) is 17.8 Å². The molecule has 0 aromatic heterocycles. The monoisotopic (exact) mass is 568 g/mol. The molecule has 2 aromatic carbocycles. The van der Waals surface area contributed by atoms with Crippen molar-refractivity contribution in [2.75, 3.05) is 36.1 Å². The van der Waals surface area contributed by atoms with Gasteiger partial charge in [-0.3, -0.25) is 24.1 Å². The number of imide groups is 1. The molecule has 7 rings (SSSR count). The molecule has 42 heavy (non-hydrogen) atoms. The molecule has 5 aliphatic rings. The van der Waals surface area contributed by atoms with Crippen molar-refractivity contribution < 1.29 is 33.4 Å². The third-order valence-electron chi connectivity index (χ3n) is 9.38. The van der Waals surface area contributed by atoms with E-state index in [4.69, 9.17) is 4.74 Å². The summed E-state index contributed by atoms with van der Waals surface area (Å²) in [4.78, 5) is 57.9. The number of carbonyl (C=O) groups is 4. The minimum absolute atomic E-state index is 0.117. The Morgan fingerprint density at radius 2 is 1.64 bits per heavy atom. The fraction of sp³-hybridized carbons (Fsp3) is 0.333. The number of morpholine rings is 1. The Hall–Kier alpha value is -4.37. The number of ketones is 2. The maximum atomic E-state index is 14.6. The lowest BCUT2D eigenvalue weighted by Crippen LogP contribution is -2.40. The maximum absolute atomic E-state index is 14.6. The van der Waals surface area contributed by atoms with Gasteiger partial charge in [0.15, 0.2) is 23.1 Å². The predicted molar refractivity (Wildman–Crippen MR) is 151 cm³/mol. The van der Waals surface area contributed by atoms with Crippen LogP contribution in [-0.4, -0.2) is 54.8 Å². The molecule has 0 radical (unpaired) electrons. The molecule has 1 N–H and O–H groups in total. The van der Waals surface area contributed by atoms with Gasteiger partial charge in [0.05, 0.1) is 30.7 Å². The number of hydrogen-bond acceptors (Lipinski definition) is 7. The minimum Gasteiger partial charge on any atom is -0.505 e. The van der Waals surface area contributed by atoms with E-state index in [1.54, 1.807) is 25.1 Å². The van der Waals surface area contributed by atoms with Gasteiger partial charge in [-0.15, -0.1) is 0 Å². The number of benzene rings is 2. The molecule has 4 atom stereocenters. The van der Waals surface area contributed by atoms with Gasteiger partial charge >= 0.3 is 0 Å². The Balaban J connectivity index is 1.28. The SMILES string of the molecule is CC1=CC(=O)C2=C(C1=O)[C@@H](c1cccc(F)c1O)C1=CC[C@@H]3C(=O)N(c4ccc(N5CCOCC5)cc4)C(=O)[C@@H]3[C@@H]1C2. The number of halogens is 1. The summed E-state index contributed by atoms with van der Waals surface area (Å²) in [5.41, 5.74) is 3.04. The number of ether oxygens (including phenoxy) is 1. The van der Waals surface area contributed by atoms with Crippen molar-refractivity contribution in [3.63, 3.8) is 0 Å². The molecule has 2 aromatic rings. The maximum Gasteiger partial charge on any atom is 0.238 e. The molecule has 2 fully saturated rings. The second-order valence-electron chi connectivity index (χ2n) is 11.5. The van der Waals surface area contributed by atoms with E-state index in [0.717, 1.165) is 24.8 Å². The Morgan fingerprint density at radius 3 is 2.38 bits per heavy atom. The number of fused-ring (bicyclic) bond motifs is 3. The first-order chi connectivity index (χ1) is 20.3. The van der Waals surface area contributed by atoms with Crippen molar-refractivity contribution in [3.05, 3.63) is 88.3 Å². The average molecular weight is 569 g/mol. The van der Waals surface area contributed by atoms with E-state index in [1.807, 2.05) is 18.2 Å². The Labute approximate surface area is 241 Å². The van der Waals surface area contributed by atoms with Crippen LogP contribution in [0.3, 0.4) is 0 Å². The second-order valence-corrected chi connectivity index (χ2v) is 11.5. The first-order valence-corrected chi connectivity index (χ1v) is 14.2. The molecule has 214 valence electrons. The largest absolute Gasteiger partial charge is 0.505 e. The molecule has 2 saturated heterocycles. The first-order valence-electron chi connectivity index (χ1n) is 14.2. The number of anilines is 2. The number of aromatic hydroxyl groups is 1. The van der Waals surface area contributed by atoms with Gasteiger partial charge in [-0.25, -0.2) is 4.39 Å². The first kappa shape index (κ1) is 26.5. The van der Waals surface area contributed by atoms with E-state index < -0.39 is 35.2 Å². The molecule has 0 unspecified atom stereocenters. The van der Waals surface area contributed by atoms with Crippen LogP contribution in [0, 0.1) is 23.6 Å². The Kier molecular flexibility index (Phi) is 6.23. The molecule has 2 amide bonds. The van der Waals surface area contributed by atoms with Gasteiger partial charge < -0.3 is 14.7 Å². The fourth-order valence-electron chi connectivity index (χ4n) is 7.37.